The topological polar surface area (TPSA) is 29.1 Å². The molecule has 1 aliphatic rings. The van der Waals surface area contributed by atoms with Crippen LogP contribution in [0.2, 0.25) is 0 Å². The van der Waals surface area contributed by atoms with Gasteiger partial charge in [0.1, 0.15) is 0 Å². The number of hydrogen-bond acceptors (Lipinski definition) is 2. The fourth-order valence-electron chi connectivity index (χ4n) is 2.32. The number of carbonyl (C=O) groups excluding carboxylic acids is 1. The molecule has 1 aromatic carbocycles. The highest BCUT2D eigenvalue weighted by Gasteiger charge is 2.33. The zero-order valence-electron chi connectivity index (χ0n) is 11.4. The molecule has 0 fully saturated rings. The van der Waals surface area contributed by atoms with Crippen LogP contribution in [-0.2, 0) is 11.2 Å². The van der Waals surface area contributed by atoms with Crippen molar-refractivity contribution in [3.63, 3.8) is 0 Å². The number of thioether (sulfide) groups is 1. The normalized spacial score (nSPS) is 18.2. The molecule has 2 nitrogen and oxygen atoms in total. The monoisotopic (exact) mass is 297 g/mol. The van der Waals surface area contributed by atoms with Crippen molar-refractivity contribution in [1.29, 1.82) is 0 Å². The molecule has 0 spiro atoms. The van der Waals surface area contributed by atoms with Gasteiger partial charge in [-0.15, -0.1) is 23.4 Å². The summed E-state index contributed by atoms with van der Waals surface area (Å²) in [7, 11) is 0. The molecule has 1 unspecified atom stereocenters. The predicted octanol–water partition coefficient (Wildman–Crippen LogP) is 3.62. The van der Waals surface area contributed by atoms with E-state index in [9.17, 15) is 4.79 Å². The second-order valence-electron chi connectivity index (χ2n) is 5.03. The van der Waals surface area contributed by atoms with Gasteiger partial charge in [0.25, 0.3) is 0 Å². The fourth-order valence-corrected chi connectivity index (χ4v) is 3.96. The van der Waals surface area contributed by atoms with Crippen molar-refractivity contribution in [1.82, 2.24) is 5.32 Å². The summed E-state index contributed by atoms with van der Waals surface area (Å²) in [5.74, 6) is 0.585. The van der Waals surface area contributed by atoms with Crippen LogP contribution in [0, 0.1) is 0 Å². The molecule has 0 radical (unpaired) electrons. The van der Waals surface area contributed by atoms with Gasteiger partial charge in [-0.05, 0) is 30.9 Å². The van der Waals surface area contributed by atoms with E-state index in [0.29, 0.717) is 5.88 Å². The summed E-state index contributed by atoms with van der Waals surface area (Å²) in [5.41, 5.74) is 1.02. The summed E-state index contributed by atoms with van der Waals surface area (Å²) in [6, 6.07) is 8.24. The summed E-state index contributed by atoms with van der Waals surface area (Å²) >= 11 is 7.70. The van der Waals surface area contributed by atoms with Crippen LogP contribution >= 0.6 is 23.4 Å². The number of amides is 1. The molecular weight excluding hydrogens is 278 g/mol. The average Bonchev–Trinajstić information content (AvgIpc) is 2.89. The Morgan fingerprint density at radius 1 is 1.42 bits per heavy atom. The highest BCUT2D eigenvalue weighted by atomic mass is 35.5. The van der Waals surface area contributed by atoms with E-state index in [4.69, 9.17) is 11.6 Å². The number of rotatable bonds is 5. The number of fused-ring (bicyclic) bond motifs is 1. The second-order valence-corrected chi connectivity index (χ2v) is 6.54. The van der Waals surface area contributed by atoms with E-state index in [1.807, 2.05) is 12.1 Å². The first-order valence-electron chi connectivity index (χ1n) is 6.76. The summed E-state index contributed by atoms with van der Waals surface area (Å²) in [5, 5.41) is 3.15. The molecule has 1 N–H and O–H groups in total. The standard InChI is InChI=1S/C15H20ClNOS/c1-3-15(4-2,10-16)17-14(18)13-9-11-7-5-6-8-12(11)19-13/h5-8,13H,3-4,9-10H2,1-2H3,(H,17,18). The van der Waals surface area contributed by atoms with Crippen LogP contribution in [0.15, 0.2) is 29.2 Å². The van der Waals surface area contributed by atoms with Crippen LogP contribution < -0.4 is 5.32 Å². The van der Waals surface area contributed by atoms with E-state index in [-0.39, 0.29) is 16.7 Å². The maximum Gasteiger partial charge on any atom is 0.234 e. The number of halogens is 1. The molecule has 104 valence electrons. The smallest absolute Gasteiger partial charge is 0.234 e. The average molecular weight is 298 g/mol. The quantitative estimate of drug-likeness (QED) is 0.841. The Kier molecular flexibility index (Phi) is 4.80. The van der Waals surface area contributed by atoms with Gasteiger partial charge in [0.15, 0.2) is 0 Å². The Morgan fingerprint density at radius 3 is 2.68 bits per heavy atom. The third-order valence-electron chi connectivity index (χ3n) is 3.94. The van der Waals surface area contributed by atoms with Gasteiger partial charge < -0.3 is 5.32 Å². The largest absolute Gasteiger partial charge is 0.349 e. The number of carbonyl (C=O) groups is 1. The maximum absolute atomic E-state index is 12.4. The van der Waals surface area contributed by atoms with Crippen molar-refractivity contribution in [2.75, 3.05) is 5.88 Å². The molecule has 19 heavy (non-hydrogen) atoms. The van der Waals surface area contributed by atoms with E-state index in [2.05, 4.69) is 31.3 Å². The van der Waals surface area contributed by atoms with Crippen molar-refractivity contribution in [2.45, 2.75) is 48.8 Å². The molecule has 0 bridgehead atoms. The minimum atomic E-state index is -0.256. The summed E-state index contributed by atoms with van der Waals surface area (Å²) < 4.78 is 0. The van der Waals surface area contributed by atoms with E-state index in [0.717, 1.165) is 19.3 Å². The van der Waals surface area contributed by atoms with Crippen LogP contribution in [0.25, 0.3) is 0 Å². The zero-order chi connectivity index (χ0) is 13.9. The Morgan fingerprint density at radius 2 is 2.11 bits per heavy atom. The van der Waals surface area contributed by atoms with Gasteiger partial charge in [0.2, 0.25) is 5.91 Å². The summed E-state index contributed by atoms with van der Waals surface area (Å²) in [6.45, 7) is 4.14. The summed E-state index contributed by atoms with van der Waals surface area (Å²) in [6.07, 6.45) is 2.55. The molecule has 2 rings (SSSR count). The van der Waals surface area contributed by atoms with E-state index >= 15 is 0 Å². The lowest BCUT2D eigenvalue weighted by Crippen LogP contribution is -2.51. The molecule has 1 amide bonds. The van der Waals surface area contributed by atoms with Gasteiger partial charge >= 0.3 is 0 Å². The summed E-state index contributed by atoms with van der Waals surface area (Å²) in [4.78, 5) is 13.6. The first-order chi connectivity index (χ1) is 9.14. The minimum absolute atomic E-state index is 0.0157. The van der Waals surface area contributed by atoms with Gasteiger partial charge in [0, 0.05) is 10.8 Å². The Labute approximate surface area is 124 Å². The molecule has 4 heteroatoms. The molecule has 1 atom stereocenters. The predicted molar refractivity (Wildman–Crippen MR) is 82.0 cm³/mol. The molecule has 0 saturated heterocycles. The van der Waals surface area contributed by atoms with Crippen molar-refractivity contribution in [3.8, 4) is 0 Å². The maximum atomic E-state index is 12.4. The van der Waals surface area contributed by atoms with Crippen molar-refractivity contribution in [3.05, 3.63) is 29.8 Å². The van der Waals surface area contributed by atoms with Gasteiger partial charge in [-0.25, -0.2) is 0 Å². The van der Waals surface area contributed by atoms with Crippen LogP contribution in [0.1, 0.15) is 32.3 Å². The third kappa shape index (κ3) is 3.09. The minimum Gasteiger partial charge on any atom is -0.349 e. The molecule has 0 aliphatic carbocycles. The van der Waals surface area contributed by atoms with Crippen molar-refractivity contribution in [2.24, 2.45) is 0 Å². The van der Waals surface area contributed by atoms with Gasteiger partial charge in [-0.2, -0.15) is 0 Å². The van der Waals surface area contributed by atoms with Gasteiger partial charge in [-0.1, -0.05) is 32.0 Å². The SMILES string of the molecule is CCC(CC)(CCl)NC(=O)C1Cc2ccccc2S1. The Balaban J connectivity index is 2.03. The highest BCUT2D eigenvalue weighted by Crippen LogP contribution is 2.37. The lowest BCUT2D eigenvalue weighted by Gasteiger charge is -2.31. The van der Waals surface area contributed by atoms with Crippen molar-refractivity contribution >= 4 is 29.3 Å². The molecule has 1 aromatic rings. The molecule has 1 aliphatic heterocycles. The first-order valence-corrected chi connectivity index (χ1v) is 8.18. The molecular formula is C15H20ClNOS. The first kappa shape index (κ1) is 14.7. The highest BCUT2D eigenvalue weighted by molar-refractivity contribution is 8.01. The van der Waals surface area contributed by atoms with Crippen molar-refractivity contribution < 1.29 is 4.79 Å². The Hall–Kier alpha value is -0.670. The number of nitrogens with one attached hydrogen (secondary N) is 1. The van der Waals surface area contributed by atoms with E-state index in [1.54, 1.807) is 11.8 Å². The fraction of sp³-hybridized carbons (Fsp3) is 0.533. The second kappa shape index (κ2) is 6.19. The van der Waals surface area contributed by atoms with Crippen LogP contribution in [0.5, 0.6) is 0 Å². The van der Waals surface area contributed by atoms with E-state index < -0.39 is 0 Å². The van der Waals surface area contributed by atoms with Gasteiger partial charge in [-0.3, -0.25) is 4.79 Å². The Bertz CT molecular complexity index is 426. The van der Waals surface area contributed by atoms with Crippen LogP contribution in [0.4, 0.5) is 0 Å². The number of alkyl halides is 1. The number of hydrogen-bond donors (Lipinski definition) is 1. The molecule has 1 heterocycles. The molecule has 0 saturated carbocycles. The van der Waals surface area contributed by atoms with Crippen LogP contribution in [0.3, 0.4) is 0 Å². The van der Waals surface area contributed by atoms with Gasteiger partial charge in [0.05, 0.1) is 10.8 Å². The van der Waals surface area contributed by atoms with Crippen LogP contribution in [-0.4, -0.2) is 22.6 Å². The molecule has 0 aromatic heterocycles. The number of benzene rings is 1. The lowest BCUT2D eigenvalue weighted by atomic mass is 9.95. The zero-order valence-corrected chi connectivity index (χ0v) is 13.0. The van der Waals surface area contributed by atoms with E-state index in [1.165, 1.54) is 10.5 Å². The lowest BCUT2D eigenvalue weighted by molar-refractivity contribution is -0.122. The third-order valence-corrected chi connectivity index (χ3v) is 5.77.